The number of benzene rings is 2. The molecule has 0 saturated carbocycles. The molecule has 2 aromatic rings. The molecule has 2 unspecified atom stereocenters. The number of hydrogen-bond acceptors (Lipinski definition) is 5. The fraction of sp³-hybridized carbons (Fsp3) is 0.519. The maximum Gasteiger partial charge on any atom is 0.435 e. The summed E-state index contributed by atoms with van der Waals surface area (Å²) < 4.78 is 149. The van der Waals surface area contributed by atoms with E-state index in [1.165, 1.54) is 16.8 Å². The maximum absolute atomic E-state index is 15.0. The smallest absolute Gasteiger partial charge is 0.435 e. The number of halogens is 8. The molecule has 3 heterocycles. The van der Waals surface area contributed by atoms with E-state index >= 15 is 4.39 Å². The summed E-state index contributed by atoms with van der Waals surface area (Å²) in [4.78, 5) is 15.9. The van der Waals surface area contributed by atoms with E-state index in [4.69, 9.17) is 0 Å². The number of nitrogens with zero attached hydrogens (tertiary/aromatic N) is 2. The maximum atomic E-state index is 15.0. The second kappa shape index (κ2) is 10.5. The van der Waals surface area contributed by atoms with Gasteiger partial charge in [0, 0.05) is 50.1 Å². The highest BCUT2D eigenvalue weighted by Crippen LogP contribution is 2.57. The summed E-state index contributed by atoms with van der Waals surface area (Å²) >= 11 is -1.09. The van der Waals surface area contributed by atoms with Gasteiger partial charge in [-0.15, -0.1) is 0 Å². The van der Waals surface area contributed by atoms with E-state index in [2.05, 4.69) is 0 Å². The van der Waals surface area contributed by atoms with Gasteiger partial charge in [0.1, 0.15) is 22.1 Å². The van der Waals surface area contributed by atoms with Crippen molar-refractivity contribution in [2.24, 2.45) is 5.92 Å². The second-order valence-corrected chi connectivity index (χ2v) is 14.9. The van der Waals surface area contributed by atoms with Gasteiger partial charge >= 0.3 is 18.0 Å². The molecule has 0 aromatic heterocycles. The molecule has 5 rings (SSSR count). The molecule has 3 aliphatic rings. The lowest BCUT2D eigenvalue weighted by atomic mass is 9.82. The number of likely N-dealkylation sites (N-methyl/N-ethyl adjacent to an activating group) is 1. The molecule has 0 radical (unpaired) electrons. The molecule has 0 spiro atoms. The SMILES string of the molecule is CN1CC2N(C(=O)C3CC[S+]([O-])CC3)CCC2(S(=O)(=O)c2ccc(F)cc2)c2ccc(C(F)(C(F)(F)F)C(F)(F)F)cc21. The number of carbonyl (C=O) groups is 1. The van der Waals surface area contributed by atoms with E-state index in [9.17, 15) is 48.5 Å². The van der Waals surface area contributed by atoms with Crippen LogP contribution < -0.4 is 4.90 Å². The van der Waals surface area contributed by atoms with Gasteiger partial charge in [-0.1, -0.05) is 23.3 Å². The molecule has 2 fully saturated rings. The van der Waals surface area contributed by atoms with Crippen LogP contribution >= 0.6 is 0 Å². The summed E-state index contributed by atoms with van der Waals surface area (Å²) in [6.45, 7) is -0.435. The van der Waals surface area contributed by atoms with Crippen LogP contribution in [0.5, 0.6) is 0 Å². The van der Waals surface area contributed by atoms with Gasteiger partial charge in [-0.25, -0.2) is 17.2 Å². The van der Waals surface area contributed by atoms with Gasteiger partial charge in [0.25, 0.3) is 0 Å². The topological polar surface area (TPSA) is 80.8 Å². The van der Waals surface area contributed by atoms with Crippen molar-refractivity contribution in [3.8, 4) is 0 Å². The molecule has 0 aliphatic carbocycles. The van der Waals surface area contributed by atoms with Crippen molar-refractivity contribution in [2.45, 2.75) is 53.0 Å². The summed E-state index contributed by atoms with van der Waals surface area (Å²) in [6, 6.07) is 3.99. The molecule has 6 nitrogen and oxygen atoms in total. The number of fused-ring (bicyclic) bond motifs is 3. The summed E-state index contributed by atoms with van der Waals surface area (Å²) in [5.41, 5.74) is -8.09. The summed E-state index contributed by atoms with van der Waals surface area (Å²) in [5, 5.41) is 0. The average Bonchev–Trinajstić information content (AvgIpc) is 3.32. The minimum atomic E-state index is -6.38. The quantitative estimate of drug-likeness (QED) is 0.263. The number of amides is 1. The van der Waals surface area contributed by atoms with E-state index in [0.717, 1.165) is 30.3 Å². The number of hydrogen-bond donors (Lipinski definition) is 0. The van der Waals surface area contributed by atoms with E-state index in [1.54, 1.807) is 0 Å². The third-order valence-corrected chi connectivity index (χ3v) is 12.7. The third-order valence-electron chi connectivity index (χ3n) is 8.75. The Morgan fingerprint density at radius 3 is 2.12 bits per heavy atom. The largest absolute Gasteiger partial charge is 0.616 e. The Labute approximate surface area is 245 Å². The van der Waals surface area contributed by atoms with Crippen molar-refractivity contribution in [2.75, 3.05) is 36.5 Å². The van der Waals surface area contributed by atoms with Gasteiger partial charge < -0.3 is 14.4 Å². The number of carbonyl (C=O) groups excluding carboxylic acids is 1. The van der Waals surface area contributed by atoms with Crippen LogP contribution in [0.15, 0.2) is 47.4 Å². The van der Waals surface area contributed by atoms with Crippen molar-refractivity contribution in [3.05, 3.63) is 59.4 Å². The van der Waals surface area contributed by atoms with Crippen LogP contribution in [-0.2, 0) is 36.2 Å². The molecular weight excluding hydrogens is 632 g/mol. The van der Waals surface area contributed by atoms with E-state index in [0.29, 0.717) is 18.9 Å². The lowest BCUT2D eigenvalue weighted by Gasteiger charge is -2.47. The third kappa shape index (κ3) is 4.78. The molecule has 0 N–H and O–H groups in total. The molecule has 43 heavy (non-hydrogen) atoms. The first-order valence-corrected chi connectivity index (χ1v) is 16.2. The van der Waals surface area contributed by atoms with Crippen molar-refractivity contribution in [1.29, 1.82) is 0 Å². The molecule has 1 amide bonds. The van der Waals surface area contributed by atoms with Gasteiger partial charge in [-0.3, -0.25) is 4.79 Å². The molecule has 2 saturated heterocycles. The molecule has 2 aromatic carbocycles. The standard InChI is InChI=1S/C27H26F8N2O4S2/c1-36-15-22-24(43(40,41)19-5-3-18(28)4-6-19,10-11-37(22)23(38)16-8-12-42(39)13-9-16)20-7-2-17(14-21(20)36)25(29,26(30,31)32)27(33,34)35/h2-7,14,16,22H,8-13,15H2,1H3. The zero-order valence-corrected chi connectivity index (χ0v) is 24.1. The van der Waals surface area contributed by atoms with Crippen LogP contribution in [0, 0.1) is 11.7 Å². The Balaban J connectivity index is 1.69. The Morgan fingerprint density at radius 1 is 0.977 bits per heavy atom. The lowest BCUT2D eigenvalue weighted by molar-refractivity contribution is -0.348. The second-order valence-electron chi connectivity index (χ2n) is 11.0. The van der Waals surface area contributed by atoms with Crippen LogP contribution in [0.2, 0.25) is 0 Å². The van der Waals surface area contributed by atoms with Gasteiger partial charge in [-0.05, 0) is 42.3 Å². The summed E-state index contributed by atoms with van der Waals surface area (Å²) in [6.07, 6.45) is -12.4. The Hall–Kier alpha value is -2.59. The molecule has 2 atom stereocenters. The zero-order valence-electron chi connectivity index (χ0n) is 22.5. The van der Waals surface area contributed by atoms with E-state index < -0.39 is 73.0 Å². The van der Waals surface area contributed by atoms with Crippen LogP contribution in [0.1, 0.15) is 30.4 Å². The first-order chi connectivity index (χ1) is 19.9. The molecular formula is C27H26F8N2O4S2. The monoisotopic (exact) mass is 658 g/mol. The number of anilines is 1. The molecule has 16 heteroatoms. The van der Waals surface area contributed by atoms with Gasteiger partial charge in [-0.2, -0.15) is 26.3 Å². The lowest BCUT2D eigenvalue weighted by Crippen LogP contribution is -2.58. The Kier molecular flexibility index (Phi) is 7.77. The van der Waals surface area contributed by atoms with Gasteiger partial charge in [0.2, 0.25) is 5.91 Å². The Bertz CT molecular complexity index is 1490. The van der Waals surface area contributed by atoms with E-state index in [1.807, 2.05) is 0 Å². The minimum Gasteiger partial charge on any atom is -0.616 e. The number of rotatable bonds is 4. The predicted octanol–water partition coefficient (Wildman–Crippen LogP) is 4.99. The van der Waals surface area contributed by atoms with Gasteiger partial charge in [0.15, 0.2) is 9.84 Å². The number of alkyl halides is 7. The van der Waals surface area contributed by atoms with Gasteiger partial charge in [0.05, 0.1) is 10.9 Å². The van der Waals surface area contributed by atoms with E-state index in [-0.39, 0.29) is 53.2 Å². The van der Waals surface area contributed by atoms with Crippen molar-refractivity contribution < 1.29 is 52.9 Å². The normalized spacial score (nSPS) is 26.7. The molecule has 0 bridgehead atoms. The number of sulfone groups is 1. The van der Waals surface area contributed by atoms with Crippen LogP contribution in [0.3, 0.4) is 0 Å². The highest BCUT2D eigenvalue weighted by atomic mass is 32.2. The first kappa shape index (κ1) is 31.8. The van der Waals surface area contributed by atoms with Crippen molar-refractivity contribution in [1.82, 2.24) is 4.90 Å². The fourth-order valence-corrected chi connectivity index (χ4v) is 10.1. The van der Waals surface area contributed by atoms with Crippen molar-refractivity contribution in [3.63, 3.8) is 0 Å². The minimum absolute atomic E-state index is 0.114. The zero-order chi connectivity index (χ0) is 31.8. The van der Waals surface area contributed by atoms with Crippen molar-refractivity contribution >= 4 is 32.6 Å². The Morgan fingerprint density at radius 2 is 1.56 bits per heavy atom. The molecule has 236 valence electrons. The highest BCUT2D eigenvalue weighted by molar-refractivity contribution is 7.92. The van der Waals surface area contributed by atoms with Crippen LogP contribution in [-0.4, -0.2) is 73.8 Å². The number of likely N-dealkylation sites (tertiary alicyclic amines) is 1. The summed E-state index contributed by atoms with van der Waals surface area (Å²) in [5.74, 6) is -1.14. The average molecular weight is 659 g/mol. The van der Waals surface area contributed by atoms with Crippen LogP contribution in [0.25, 0.3) is 0 Å². The fourth-order valence-electron chi connectivity index (χ4n) is 6.51. The first-order valence-electron chi connectivity index (χ1n) is 13.2. The highest BCUT2D eigenvalue weighted by Gasteiger charge is 2.74. The summed E-state index contributed by atoms with van der Waals surface area (Å²) in [7, 11) is -3.30. The van der Waals surface area contributed by atoms with Crippen LogP contribution in [0.4, 0.5) is 40.8 Å². The molecule has 3 aliphatic heterocycles. The predicted molar refractivity (Wildman–Crippen MR) is 141 cm³/mol.